The molecule has 0 saturated heterocycles. The van der Waals surface area contributed by atoms with Crippen LogP contribution in [-0.4, -0.2) is 31.9 Å². The predicted molar refractivity (Wildman–Crippen MR) is 82.6 cm³/mol. The van der Waals surface area contributed by atoms with Crippen LogP contribution in [0.3, 0.4) is 0 Å². The summed E-state index contributed by atoms with van der Waals surface area (Å²) in [4.78, 5) is 11.6. The lowest BCUT2D eigenvalue weighted by Gasteiger charge is -2.13. The highest BCUT2D eigenvalue weighted by Gasteiger charge is 2.13. The Labute approximate surface area is 129 Å². The van der Waals surface area contributed by atoms with Crippen LogP contribution >= 0.6 is 24.2 Å². The molecule has 0 spiro atoms. The summed E-state index contributed by atoms with van der Waals surface area (Å²) >= 11 is 1.60. The summed E-state index contributed by atoms with van der Waals surface area (Å²) in [6.07, 6.45) is 1.95. The summed E-state index contributed by atoms with van der Waals surface area (Å²) in [7, 11) is 1.49. The molecule has 4 nitrogen and oxygen atoms in total. The van der Waals surface area contributed by atoms with Gasteiger partial charge in [0.1, 0.15) is 11.9 Å². The number of hydrogen-bond donors (Lipinski definition) is 2. The number of benzene rings is 1. The lowest BCUT2D eigenvalue weighted by molar-refractivity contribution is -0.123. The highest BCUT2D eigenvalue weighted by molar-refractivity contribution is 7.97. The fourth-order valence-electron chi connectivity index (χ4n) is 1.63. The molecule has 0 aliphatic rings. The van der Waals surface area contributed by atoms with Gasteiger partial charge in [0.05, 0.1) is 6.61 Å². The Morgan fingerprint density at radius 2 is 2.20 bits per heavy atom. The smallest absolute Gasteiger partial charge is 0.239 e. The second-order valence-corrected chi connectivity index (χ2v) is 4.99. The van der Waals surface area contributed by atoms with Gasteiger partial charge in [-0.2, -0.15) is 11.8 Å². The lowest BCUT2D eigenvalue weighted by Crippen LogP contribution is -2.43. The largest absolute Gasteiger partial charge is 0.383 e. The maximum Gasteiger partial charge on any atom is 0.239 e. The maximum atomic E-state index is 13.2. The summed E-state index contributed by atoms with van der Waals surface area (Å²) < 4.78 is 18.0. The van der Waals surface area contributed by atoms with Crippen LogP contribution in [0.5, 0.6) is 0 Å². The second kappa shape index (κ2) is 9.99. The molecule has 0 fully saturated rings. The van der Waals surface area contributed by atoms with E-state index in [4.69, 9.17) is 10.5 Å². The minimum atomic E-state index is -0.686. The zero-order chi connectivity index (χ0) is 14.3. The van der Waals surface area contributed by atoms with Crippen LogP contribution in [0.1, 0.15) is 11.1 Å². The molecule has 3 N–H and O–H groups in total. The lowest BCUT2D eigenvalue weighted by atomic mass is 10.1. The van der Waals surface area contributed by atoms with Crippen molar-refractivity contribution in [3.63, 3.8) is 0 Å². The van der Waals surface area contributed by atoms with Gasteiger partial charge in [-0.25, -0.2) is 4.39 Å². The number of hydrogen-bond acceptors (Lipinski definition) is 4. The van der Waals surface area contributed by atoms with Crippen molar-refractivity contribution in [1.82, 2.24) is 5.32 Å². The van der Waals surface area contributed by atoms with Crippen LogP contribution in [0.15, 0.2) is 18.2 Å². The van der Waals surface area contributed by atoms with Gasteiger partial charge in [0.2, 0.25) is 5.91 Å². The molecular formula is C13H20ClFN2O2S. The third kappa shape index (κ3) is 6.09. The quantitative estimate of drug-likeness (QED) is 0.802. The van der Waals surface area contributed by atoms with E-state index in [1.54, 1.807) is 17.8 Å². The van der Waals surface area contributed by atoms with Crippen LogP contribution in [-0.2, 0) is 21.8 Å². The minimum Gasteiger partial charge on any atom is -0.383 e. The van der Waals surface area contributed by atoms with Crippen molar-refractivity contribution in [1.29, 1.82) is 0 Å². The number of amides is 1. The maximum absolute atomic E-state index is 13.2. The van der Waals surface area contributed by atoms with E-state index in [1.807, 2.05) is 6.26 Å². The Morgan fingerprint density at radius 1 is 1.50 bits per heavy atom. The van der Waals surface area contributed by atoms with Crippen molar-refractivity contribution in [2.75, 3.05) is 20.0 Å². The minimum absolute atomic E-state index is 0. The van der Waals surface area contributed by atoms with Gasteiger partial charge in [-0.3, -0.25) is 4.79 Å². The van der Waals surface area contributed by atoms with Crippen molar-refractivity contribution in [3.05, 3.63) is 35.1 Å². The zero-order valence-corrected chi connectivity index (χ0v) is 13.2. The van der Waals surface area contributed by atoms with Gasteiger partial charge < -0.3 is 15.8 Å². The van der Waals surface area contributed by atoms with Gasteiger partial charge in [0.25, 0.3) is 0 Å². The van der Waals surface area contributed by atoms with Crippen LogP contribution in [0.2, 0.25) is 0 Å². The molecule has 0 aliphatic carbocycles. The van der Waals surface area contributed by atoms with E-state index in [-0.39, 0.29) is 30.7 Å². The van der Waals surface area contributed by atoms with E-state index in [9.17, 15) is 9.18 Å². The molecule has 0 radical (unpaired) electrons. The number of halogens is 2. The first-order valence-corrected chi connectivity index (χ1v) is 7.26. The van der Waals surface area contributed by atoms with E-state index < -0.39 is 6.04 Å². The van der Waals surface area contributed by atoms with Crippen molar-refractivity contribution in [2.45, 2.75) is 18.3 Å². The van der Waals surface area contributed by atoms with Crippen molar-refractivity contribution in [3.8, 4) is 0 Å². The van der Waals surface area contributed by atoms with E-state index in [1.165, 1.54) is 19.2 Å². The molecule has 1 aromatic carbocycles. The summed E-state index contributed by atoms with van der Waals surface area (Å²) in [5.74, 6) is 0.157. The second-order valence-electron chi connectivity index (χ2n) is 4.13. The average Bonchev–Trinajstić information content (AvgIpc) is 2.38. The number of ether oxygens (including phenoxy) is 1. The summed E-state index contributed by atoms with van der Waals surface area (Å²) in [5.41, 5.74) is 7.39. The molecule has 20 heavy (non-hydrogen) atoms. The van der Waals surface area contributed by atoms with Gasteiger partial charge in [0.15, 0.2) is 0 Å². The molecule has 1 unspecified atom stereocenters. The molecule has 0 aromatic heterocycles. The van der Waals surface area contributed by atoms with Crippen molar-refractivity contribution < 1.29 is 13.9 Å². The topological polar surface area (TPSA) is 64.3 Å². The molecule has 0 saturated carbocycles. The van der Waals surface area contributed by atoms with Gasteiger partial charge in [0, 0.05) is 19.4 Å². The first kappa shape index (κ1) is 19.2. The van der Waals surface area contributed by atoms with Crippen LogP contribution in [0.25, 0.3) is 0 Å². The third-order valence-electron chi connectivity index (χ3n) is 2.60. The van der Waals surface area contributed by atoms with Gasteiger partial charge >= 0.3 is 0 Å². The van der Waals surface area contributed by atoms with Gasteiger partial charge in [-0.05, 0) is 29.5 Å². The normalized spacial score (nSPS) is 11.6. The number of carbonyl (C=O) groups excluding carboxylic acids is 1. The Kier molecular flexibility index (Phi) is 9.58. The standard InChI is InChI=1S/C13H19FN2O2S.ClH/c1-18-7-12(15)13(17)16-6-9-3-4-11(14)5-10(9)8-19-2;/h3-5,12H,6-8,15H2,1-2H3,(H,16,17);1H. The molecule has 0 bridgehead atoms. The molecule has 1 amide bonds. The fourth-order valence-corrected chi connectivity index (χ4v) is 2.21. The van der Waals surface area contributed by atoms with Crippen LogP contribution < -0.4 is 11.1 Å². The summed E-state index contributed by atoms with van der Waals surface area (Å²) in [6, 6.07) is 3.88. The van der Waals surface area contributed by atoms with E-state index in [2.05, 4.69) is 5.32 Å². The number of methoxy groups -OCH3 is 1. The first-order chi connectivity index (χ1) is 9.08. The molecule has 1 rings (SSSR count). The van der Waals surface area contributed by atoms with Gasteiger partial charge in [-0.1, -0.05) is 6.07 Å². The molecule has 0 heterocycles. The van der Waals surface area contributed by atoms with E-state index in [0.717, 1.165) is 11.1 Å². The highest BCUT2D eigenvalue weighted by atomic mass is 35.5. The summed E-state index contributed by atoms with van der Waals surface area (Å²) in [5, 5.41) is 2.73. The number of rotatable bonds is 7. The SMILES string of the molecule is COCC(N)C(=O)NCc1ccc(F)cc1CSC.Cl. The Balaban J connectivity index is 0.00000361. The molecule has 114 valence electrons. The number of nitrogens with one attached hydrogen (secondary N) is 1. The predicted octanol–water partition coefficient (Wildman–Crippen LogP) is 1.70. The molecule has 1 atom stereocenters. The monoisotopic (exact) mass is 322 g/mol. The van der Waals surface area contributed by atoms with E-state index >= 15 is 0 Å². The van der Waals surface area contributed by atoms with Crippen molar-refractivity contribution >= 4 is 30.1 Å². The molecule has 7 heteroatoms. The fraction of sp³-hybridized carbons (Fsp3) is 0.462. The zero-order valence-electron chi connectivity index (χ0n) is 11.5. The van der Waals surface area contributed by atoms with E-state index in [0.29, 0.717) is 12.3 Å². The third-order valence-corrected chi connectivity index (χ3v) is 3.20. The van der Waals surface area contributed by atoms with Crippen LogP contribution in [0, 0.1) is 5.82 Å². The molecule has 1 aromatic rings. The van der Waals surface area contributed by atoms with Crippen molar-refractivity contribution in [2.24, 2.45) is 5.73 Å². The Morgan fingerprint density at radius 3 is 2.80 bits per heavy atom. The molecule has 0 aliphatic heterocycles. The number of carbonyl (C=O) groups is 1. The molecular weight excluding hydrogens is 303 g/mol. The Bertz CT molecular complexity index is 435. The number of nitrogens with two attached hydrogens (primary N) is 1. The summed E-state index contributed by atoms with van der Waals surface area (Å²) in [6.45, 7) is 0.513. The van der Waals surface area contributed by atoms with Crippen LogP contribution in [0.4, 0.5) is 4.39 Å². The first-order valence-electron chi connectivity index (χ1n) is 5.87. The average molecular weight is 323 g/mol. The Hall–Kier alpha value is -0.820. The number of thioether (sulfide) groups is 1. The highest BCUT2D eigenvalue weighted by Crippen LogP contribution is 2.16. The van der Waals surface area contributed by atoms with Gasteiger partial charge in [-0.15, -0.1) is 12.4 Å².